The van der Waals surface area contributed by atoms with Crippen molar-refractivity contribution in [3.05, 3.63) is 40.5 Å². The number of hydrogen-bond donors (Lipinski definition) is 0. The second-order valence-electron chi connectivity index (χ2n) is 3.72. The monoisotopic (exact) mass is 318 g/mol. The van der Waals surface area contributed by atoms with Gasteiger partial charge in [-0.25, -0.2) is 0 Å². The summed E-state index contributed by atoms with van der Waals surface area (Å²) in [6, 6.07) is 4.15. The molecule has 1 aromatic heterocycles. The van der Waals surface area contributed by atoms with Crippen LogP contribution in [0.3, 0.4) is 0 Å². The van der Waals surface area contributed by atoms with Crippen molar-refractivity contribution in [3.8, 4) is 0 Å². The van der Waals surface area contributed by atoms with Crippen LogP contribution in [0.1, 0.15) is 6.42 Å². The maximum Gasteiger partial charge on any atom is 0.302 e. The third-order valence-electron chi connectivity index (χ3n) is 2.36. The topological polar surface area (TPSA) is 79.1 Å². The quantitative estimate of drug-likeness (QED) is 0.480. The molecule has 0 saturated carbocycles. The molecule has 20 heavy (non-hydrogen) atoms. The van der Waals surface area contributed by atoms with E-state index in [1.165, 1.54) is 18.2 Å². The van der Waals surface area contributed by atoms with Gasteiger partial charge < -0.3 is 4.55 Å². The fraction of sp³-hybridized carbons (Fsp3) is 0.182. The molecule has 5 nitrogen and oxygen atoms in total. The summed E-state index contributed by atoms with van der Waals surface area (Å²) in [4.78, 5) is 14.2. The molecule has 1 unspecified atom stereocenters. The minimum Gasteiger partial charge on any atom is -0.610 e. The fourth-order valence-electron chi connectivity index (χ4n) is 1.47. The predicted octanol–water partition coefficient (Wildman–Crippen LogP) is 3.48. The van der Waals surface area contributed by atoms with Gasteiger partial charge in [-0.1, -0.05) is 11.3 Å². The summed E-state index contributed by atoms with van der Waals surface area (Å²) < 4.78 is 36.4. The van der Waals surface area contributed by atoms with E-state index in [0.29, 0.717) is 16.3 Å². The molecule has 106 valence electrons. The number of thiazole rings is 1. The summed E-state index contributed by atoms with van der Waals surface area (Å²) in [6.45, 7) is 0. The molecule has 1 atom stereocenters. The number of rotatable bonds is 5. The zero-order valence-corrected chi connectivity index (χ0v) is 11.5. The van der Waals surface area contributed by atoms with Crippen molar-refractivity contribution in [1.29, 1.82) is 0 Å². The Balaban J connectivity index is 2.18. The van der Waals surface area contributed by atoms with E-state index in [9.17, 15) is 23.4 Å². The lowest BCUT2D eigenvalue weighted by atomic mass is 10.3. The number of allylic oxidation sites excluding steroid dienone is 1. The highest BCUT2D eigenvalue weighted by Gasteiger charge is 2.18. The molecule has 9 heteroatoms. The van der Waals surface area contributed by atoms with Crippen molar-refractivity contribution >= 4 is 38.4 Å². The van der Waals surface area contributed by atoms with Crippen molar-refractivity contribution < 1.29 is 18.3 Å². The van der Waals surface area contributed by atoms with E-state index in [-0.39, 0.29) is 22.2 Å². The lowest BCUT2D eigenvalue weighted by Gasteiger charge is -2.03. The Morgan fingerprint density at radius 1 is 1.50 bits per heavy atom. The third kappa shape index (κ3) is 3.50. The summed E-state index contributed by atoms with van der Waals surface area (Å²) in [5, 5.41) is 10.6. The molecule has 0 radical (unpaired) electrons. The second-order valence-corrected chi connectivity index (χ2v) is 6.50. The maximum absolute atomic E-state index is 11.9. The van der Waals surface area contributed by atoms with Gasteiger partial charge in [0.2, 0.25) is 0 Å². The number of nitrogens with zero attached hydrogens (tertiary/aromatic N) is 2. The Labute approximate surface area is 119 Å². The van der Waals surface area contributed by atoms with Gasteiger partial charge in [0.25, 0.3) is 11.8 Å². The van der Waals surface area contributed by atoms with Crippen molar-refractivity contribution in [2.24, 2.45) is 0 Å². The van der Waals surface area contributed by atoms with Crippen molar-refractivity contribution in [2.75, 3.05) is 5.75 Å². The van der Waals surface area contributed by atoms with Gasteiger partial charge in [-0.15, -0.1) is 0 Å². The SMILES string of the molecule is O=[N+]([O-])c1ccc2nc([S+]([O-])CCC=C(F)F)sc2c1. The average Bonchev–Trinajstić information content (AvgIpc) is 2.80. The van der Waals surface area contributed by atoms with E-state index in [1.54, 1.807) is 0 Å². The summed E-state index contributed by atoms with van der Waals surface area (Å²) in [5.41, 5.74) is 0.442. The van der Waals surface area contributed by atoms with E-state index in [2.05, 4.69) is 4.98 Å². The number of benzene rings is 1. The van der Waals surface area contributed by atoms with Crippen LogP contribution in [0.5, 0.6) is 0 Å². The number of nitro groups is 1. The molecule has 0 fully saturated rings. The standard InChI is InChI=1S/C11H8F2N2O3S2/c12-10(13)2-1-5-20(18)11-14-8-4-3-7(15(16)17)6-9(8)19-11/h2-4,6H,1,5H2. The van der Waals surface area contributed by atoms with Crippen LogP contribution in [0.15, 0.2) is 34.7 Å². The van der Waals surface area contributed by atoms with Gasteiger partial charge >= 0.3 is 4.34 Å². The minimum absolute atomic E-state index is 0.00891. The molecule has 1 heterocycles. The molecule has 0 aliphatic heterocycles. The van der Waals surface area contributed by atoms with Gasteiger partial charge in [-0.05, 0) is 12.1 Å². The molecular weight excluding hydrogens is 310 g/mol. The Morgan fingerprint density at radius 2 is 2.25 bits per heavy atom. The van der Waals surface area contributed by atoms with Gasteiger partial charge in [0, 0.05) is 29.7 Å². The van der Waals surface area contributed by atoms with Crippen LogP contribution < -0.4 is 0 Å². The molecule has 0 spiro atoms. The minimum atomic E-state index is -1.80. The number of fused-ring (bicyclic) bond motifs is 1. The van der Waals surface area contributed by atoms with Gasteiger partial charge in [-0.3, -0.25) is 10.1 Å². The molecule has 0 aliphatic rings. The van der Waals surface area contributed by atoms with E-state index < -0.39 is 22.2 Å². The Kier molecular flexibility index (Phi) is 4.63. The van der Waals surface area contributed by atoms with Crippen LogP contribution in [-0.2, 0) is 11.2 Å². The zero-order valence-electron chi connectivity index (χ0n) is 9.92. The van der Waals surface area contributed by atoms with Gasteiger partial charge in [0.15, 0.2) is 0 Å². The first-order valence-corrected chi connectivity index (χ1v) is 7.55. The average molecular weight is 318 g/mol. The first-order chi connectivity index (χ1) is 9.47. The summed E-state index contributed by atoms with van der Waals surface area (Å²) in [7, 11) is 0. The Morgan fingerprint density at radius 3 is 2.90 bits per heavy atom. The van der Waals surface area contributed by atoms with Crippen LogP contribution in [0.2, 0.25) is 0 Å². The first kappa shape index (κ1) is 14.8. The fourth-order valence-corrected chi connectivity index (χ4v) is 3.79. The molecule has 0 saturated heterocycles. The Bertz CT molecular complexity index is 671. The summed E-state index contributed by atoms with van der Waals surface area (Å²) >= 11 is -0.418. The number of hydrogen-bond acceptors (Lipinski definition) is 5. The highest BCUT2D eigenvalue weighted by Crippen LogP contribution is 2.29. The highest BCUT2D eigenvalue weighted by atomic mass is 32.2. The number of nitro benzene ring substituents is 1. The van der Waals surface area contributed by atoms with E-state index in [0.717, 1.165) is 11.3 Å². The zero-order chi connectivity index (χ0) is 14.7. The van der Waals surface area contributed by atoms with Crippen LogP contribution >= 0.6 is 11.3 Å². The van der Waals surface area contributed by atoms with E-state index in [1.807, 2.05) is 0 Å². The van der Waals surface area contributed by atoms with Crippen molar-refractivity contribution in [2.45, 2.75) is 10.8 Å². The second kappa shape index (κ2) is 6.25. The van der Waals surface area contributed by atoms with Crippen LogP contribution in [0.25, 0.3) is 10.2 Å². The van der Waals surface area contributed by atoms with Crippen LogP contribution in [0.4, 0.5) is 14.5 Å². The number of halogens is 2. The normalized spacial score (nSPS) is 12.3. The van der Waals surface area contributed by atoms with Gasteiger partial charge in [-0.2, -0.15) is 13.8 Å². The first-order valence-electron chi connectivity index (χ1n) is 5.42. The molecular formula is C11H8F2N2O3S2. The van der Waals surface area contributed by atoms with Crippen LogP contribution in [-0.4, -0.2) is 20.2 Å². The molecule has 1 aromatic carbocycles. The van der Waals surface area contributed by atoms with Gasteiger partial charge in [0.1, 0.15) is 5.75 Å². The van der Waals surface area contributed by atoms with Crippen LogP contribution in [0, 0.1) is 10.1 Å². The lowest BCUT2D eigenvalue weighted by Crippen LogP contribution is -2.05. The highest BCUT2D eigenvalue weighted by molar-refractivity contribution is 7.93. The molecule has 2 aromatic rings. The van der Waals surface area contributed by atoms with Gasteiger partial charge in [0.05, 0.1) is 15.1 Å². The predicted molar refractivity (Wildman–Crippen MR) is 72.5 cm³/mol. The molecule has 0 N–H and O–H groups in total. The number of aromatic nitrogens is 1. The van der Waals surface area contributed by atoms with E-state index >= 15 is 0 Å². The third-order valence-corrected chi connectivity index (χ3v) is 5.07. The van der Waals surface area contributed by atoms with E-state index in [4.69, 9.17) is 0 Å². The molecule has 0 aliphatic carbocycles. The smallest absolute Gasteiger partial charge is 0.302 e. The number of non-ortho nitro benzene ring substituents is 1. The van der Waals surface area contributed by atoms with Crippen molar-refractivity contribution in [3.63, 3.8) is 0 Å². The summed E-state index contributed by atoms with van der Waals surface area (Å²) in [6.07, 6.45) is -1.11. The lowest BCUT2D eigenvalue weighted by molar-refractivity contribution is -0.384. The largest absolute Gasteiger partial charge is 0.610 e. The Hall–Kier alpha value is -1.58. The molecule has 0 bridgehead atoms. The summed E-state index contributed by atoms with van der Waals surface area (Å²) in [5.74, 6) is 0.0409. The maximum atomic E-state index is 11.9. The molecule has 0 amide bonds. The molecule has 2 rings (SSSR count). The van der Waals surface area contributed by atoms with Crippen molar-refractivity contribution in [1.82, 2.24) is 4.98 Å².